The monoisotopic (exact) mass is 487 g/mol. The van der Waals surface area contributed by atoms with Crippen LogP contribution >= 0.6 is 0 Å². The molecule has 4 rings (SSSR count). The molecule has 8 heteroatoms. The average Bonchev–Trinajstić information content (AvgIpc) is 3.28. The summed E-state index contributed by atoms with van der Waals surface area (Å²) < 4.78 is 16.1. The van der Waals surface area contributed by atoms with Gasteiger partial charge in [0.2, 0.25) is 11.8 Å². The third-order valence-corrected chi connectivity index (χ3v) is 7.92. The van der Waals surface area contributed by atoms with Crippen molar-refractivity contribution in [3.8, 4) is 11.5 Å². The molecule has 0 aliphatic carbocycles. The zero-order valence-corrected chi connectivity index (χ0v) is 21.5. The van der Waals surface area contributed by atoms with E-state index in [0.29, 0.717) is 48.8 Å². The summed E-state index contributed by atoms with van der Waals surface area (Å²) in [5, 5.41) is 0. The zero-order chi connectivity index (χ0) is 24.8. The molecule has 0 unspecified atom stereocenters. The van der Waals surface area contributed by atoms with Crippen molar-refractivity contribution in [1.29, 1.82) is 0 Å². The minimum absolute atomic E-state index is 0.0419. The van der Waals surface area contributed by atoms with E-state index in [9.17, 15) is 9.59 Å². The normalized spacial score (nSPS) is 24.8. The van der Waals surface area contributed by atoms with E-state index in [-0.39, 0.29) is 24.2 Å². The van der Waals surface area contributed by atoms with Gasteiger partial charge in [0.15, 0.2) is 0 Å². The number of methoxy groups -OCH3 is 3. The van der Waals surface area contributed by atoms with Crippen molar-refractivity contribution < 1.29 is 23.8 Å². The molecule has 3 fully saturated rings. The molecule has 3 saturated heterocycles. The number of rotatable bonds is 10. The minimum atomic E-state index is -0.345. The Balaban J connectivity index is 1.47. The van der Waals surface area contributed by atoms with Crippen LogP contribution in [0.2, 0.25) is 0 Å². The fourth-order valence-corrected chi connectivity index (χ4v) is 6.14. The second-order valence-electron chi connectivity index (χ2n) is 10.1. The van der Waals surface area contributed by atoms with Crippen molar-refractivity contribution in [3.63, 3.8) is 0 Å². The highest BCUT2D eigenvalue weighted by atomic mass is 16.5. The summed E-state index contributed by atoms with van der Waals surface area (Å²) in [7, 11) is 4.88. The Morgan fingerprint density at radius 2 is 1.91 bits per heavy atom. The van der Waals surface area contributed by atoms with Crippen LogP contribution in [0.1, 0.15) is 44.9 Å². The van der Waals surface area contributed by atoms with E-state index in [1.165, 1.54) is 45.2 Å². The second-order valence-corrected chi connectivity index (χ2v) is 10.1. The van der Waals surface area contributed by atoms with Crippen LogP contribution in [0.25, 0.3) is 0 Å². The molecule has 3 aliphatic rings. The van der Waals surface area contributed by atoms with Gasteiger partial charge in [0.05, 0.1) is 25.8 Å². The molecule has 0 spiro atoms. The van der Waals surface area contributed by atoms with Crippen LogP contribution in [-0.4, -0.2) is 88.3 Å². The average molecular weight is 488 g/mol. The number of hydrogen-bond acceptors (Lipinski definition) is 6. The van der Waals surface area contributed by atoms with Crippen molar-refractivity contribution in [3.05, 3.63) is 18.2 Å². The molecule has 194 valence electrons. The van der Waals surface area contributed by atoms with Crippen LogP contribution in [0.3, 0.4) is 0 Å². The quantitative estimate of drug-likeness (QED) is 0.472. The van der Waals surface area contributed by atoms with E-state index in [1.54, 1.807) is 32.3 Å². The third kappa shape index (κ3) is 5.92. The van der Waals surface area contributed by atoms with Gasteiger partial charge >= 0.3 is 0 Å². The van der Waals surface area contributed by atoms with Crippen LogP contribution in [0.15, 0.2) is 18.2 Å². The lowest BCUT2D eigenvalue weighted by atomic mass is 9.83. The van der Waals surface area contributed by atoms with Gasteiger partial charge in [-0.1, -0.05) is 6.42 Å². The van der Waals surface area contributed by atoms with E-state index < -0.39 is 0 Å². The molecule has 1 aromatic carbocycles. The Morgan fingerprint density at radius 3 is 2.69 bits per heavy atom. The summed E-state index contributed by atoms with van der Waals surface area (Å²) in [5.41, 5.74) is 0.685. The number of piperidine rings is 2. The summed E-state index contributed by atoms with van der Waals surface area (Å²) in [6.07, 6.45) is 7.22. The fraction of sp³-hybridized carbons (Fsp3) is 0.704. The van der Waals surface area contributed by atoms with Gasteiger partial charge in [-0.05, 0) is 63.2 Å². The highest BCUT2D eigenvalue weighted by molar-refractivity contribution is 6.01. The van der Waals surface area contributed by atoms with Crippen LogP contribution in [0, 0.1) is 11.8 Å². The first-order chi connectivity index (χ1) is 17.0. The van der Waals surface area contributed by atoms with Crippen molar-refractivity contribution in [2.45, 2.75) is 51.0 Å². The molecule has 3 atom stereocenters. The van der Waals surface area contributed by atoms with Gasteiger partial charge in [-0.2, -0.15) is 0 Å². The summed E-state index contributed by atoms with van der Waals surface area (Å²) in [6.45, 7) is 4.83. The molecule has 1 aromatic rings. The molecule has 2 amide bonds. The predicted molar refractivity (Wildman–Crippen MR) is 135 cm³/mol. The maximum Gasteiger partial charge on any atom is 0.228 e. The molecular formula is C27H41N3O5. The summed E-state index contributed by atoms with van der Waals surface area (Å²) in [5.74, 6) is 1.45. The largest absolute Gasteiger partial charge is 0.497 e. The van der Waals surface area contributed by atoms with Crippen molar-refractivity contribution in [2.24, 2.45) is 11.8 Å². The van der Waals surface area contributed by atoms with Gasteiger partial charge in [-0.15, -0.1) is 0 Å². The highest BCUT2D eigenvalue weighted by Gasteiger charge is 2.40. The first-order valence-corrected chi connectivity index (χ1v) is 13.1. The van der Waals surface area contributed by atoms with Crippen LogP contribution in [0.5, 0.6) is 11.5 Å². The molecule has 0 aromatic heterocycles. The topological polar surface area (TPSA) is 71.6 Å². The molecule has 3 heterocycles. The Labute approximate surface area is 209 Å². The number of benzene rings is 1. The molecule has 35 heavy (non-hydrogen) atoms. The summed E-state index contributed by atoms with van der Waals surface area (Å²) >= 11 is 0. The molecular weight excluding hydrogens is 446 g/mol. The van der Waals surface area contributed by atoms with Gasteiger partial charge < -0.3 is 28.9 Å². The summed E-state index contributed by atoms with van der Waals surface area (Å²) in [6, 6.07) is 6.00. The SMILES string of the molecule is COCCCN(C[C@@H]1CCCN2CCCC[C@H]12)C(=O)[C@@H]1CC(=O)N(c2ccc(OC)cc2OC)C1. The number of fused-ring (bicyclic) bond motifs is 1. The first kappa shape index (κ1) is 25.8. The number of nitrogens with zero attached hydrogens (tertiary/aromatic N) is 3. The van der Waals surface area contributed by atoms with Crippen LogP contribution in [0.4, 0.5) is 5.69 Å². The standard InChI is InChI=1S/C27H41N3O5/c1-33-15-7-14-29(18-20-8-6-13-28-12-5-4-9-23(20)28)27(32)21-16-26(31)30(19-21)24-11-10-22(34-2)17-25(24)35-3/h10-11,17,20-21,23H,4-9,12-16,18-19H2,1-3H3/t20-,21+,23+/m0/s1. The van der Waals surface area contributed by atoms with Gasteiger partial charge in [0, 0.05) is 51.9 Å². The smallest absolute Gasteiger partial charge is 0.228 e. The highest BCUT2D eigenvalue weighted by Crippen LogP contribution is 2.37. The molecule has 8 nitrogen and oxygen atoms in total. The first-order valence-electron chi connectivity index (χ1n) is 13.1. The molecule has 3 aliphatic heterocycles. The van der Waals surface area contributed by atoms with E-state index in [2.05, 4.69) is 4.90 Å². The van der Waals surface area contributed by atoms with E-state index in [0.717, 1.165) is 13.0 Å². The Kier molecular flexibility index (Phi) is 8.89. The number of carbonyl (C=O) groups is 2. The third-order valence-electron chi connectivity index (χ3n) is 7.92. The predicted octanol–water partition coefficient (Wildman–Crippen LogP) is 3.19. The van der Waals surface area contributed by atoms with E-state index >= 15 is 0 Å². The Bertz CT molecular complexity index is 876. The second kappa shape index (κ2) is 12.1. The number of carbonyl (C=O) groups excluding carboxylic acids is 2. The van der Waals surface area contributed by atoms with Gasteiger partial charge in [0.25, 0.3) is 0 Å². The Morgan fingerprint density at radius 1 is 1.09 bits per heavy atom. The lowest BCUT2D eigenvalue weighted by Gasteiger charge is -2.46. The van der Waals surface area contributed by atoms with Crippen molar-refractivity contribution >= 4 is 17.5 Å². The number of hydrogen-bond donors (Lipinski definition) is 0. The Hall–Kier alpha value is -2.32. The van der Waals surface area contributed by atoms with E-state index in [1.807, 2.05) is 17.0 Å². The molecule has 0 saturated carbocycles. The zero-order valence-electron chi connectivity index (χ0n) is 21.5. The van der Waals surface area contributed by atoms with Gasteiger partial charge in [0.1, 0.15) is 11.5 Å². The van der Waals surface area contributed by atoms with Crippen LogP contribution in [-0.2, 0) is 14.3 Å². The number of ether oxygens (including phenoxy) is 3. The van der Waals surface area contributed by atoms with Gasteiger partial charge in [-0.25, -0.2) is 0 Å². The number of amides is 2. The summed E-state index contributed by atoms with van der Waals surface area (Å²) in [4.78, 5) is 33.2. The molecule has 0 bridgehead atoms. The van der Waals surface area contributed by atoms with Crippen LogP contribution < -0.4 is 14.4 Å². The maximum absolute atomic E-state index is 13.8. The van der Waals surface area contributed by atoms with Gasteiger partial charge in [-0.3, -0.25) is 9.59 Å². The maximum atomic E-state index is 13.8. The van der Waals surface area contributed by atoms with Crippen molar-refractivity contribution in [1.82, 2.24) is 9.80 Å². The molecule has 0 radical (unpaired) electrons. The molecule has 0 N–H and O–H groups in total. The fourth-order valence-electron chi connectivity index (χ4n) is 6.14. The minimum Gasteiger partial charge on any atom is -0.497 e. The lowest BCUT2D eigenvalue weighted by Crippen LogP contribution is -2.52. The van der Waals surface area contributed by atoms with E-state index in [4.69, 9.17) is 14.2 Å². The lowest BCUT2D eigenvalue weighted by molar-refractivity contribution is -0.137. The van der Waals surface area contributed by atoms with Crippen molar-refractivity contribution in [2.75, 3.05) is 65.6 Å². The number of anilines is 1.